The van der Waals surface area contributed by atoms with Crippen LogP contribution in [0.3, 0.4) is 0 Å². The molecule has 0 aromatic carbocycles. The molecular formula is C6H6O2S2. The Morgan fingerprint density at radius 3 is 2.50 bits per heavy atom. The summed E-state index contributed by atoms with van der Waals surface area (Å²) in [5, 5.41) is -0.275. The van der Waals surface area contributed by atoms with Gasteiger partial charge in [-0.05, 0) is 6.08 Å². The second-order valence-corrected chi connectivity index (χ2v) is 3.32. The molecule has 1 rings (SSSR count). The molecule has 2 nitrogen and oxygen atoms in total. The summed E-state index contributed by atoms with van der Waals surface area (Å²) in [4.78, 5) is 0.325. The molecule has 0 aromatic rings. The van der Waals surface area contributed by atoms with Gasteiger partial charge in [0.2, 0.25) is 10.3 Å². The molecule has 0 radical (unpaired) electrons. The van der Waals surface area contributed by atoms with Crippen LogP contribution in [-0.2, 0) is 10.3 Å². The van der Waals surface area contributed by atoms with E-state index in [9.17, 15) is 8.42 Å². The predicted molar refractivity (Wildman–Crippen MR) is 45.0 cm³/mol. The van der Waals surface area contributed by atoms with Gasteiger partial charge in [0, 0.05) is 0 Å². The Labute approximate surface area is 66.2 Å². The molecule has 1 aliphatic rings. The standard InChI is InChI=1S/C6H6O2S2/c7-10(8)6-4-2-1-3-5(6)9/h1-5,9H. The van der Waals surface area contributed by atoms with Gasteiger partial charge in [0.1, 0.15) is 0 Å². The van der Waals surface area contributed by atoms with Crippen molar-refractivity contribution in [1.82, 2.24) is 0 Å². The van der Waals surface area contributed by atoms with Crippen molar-refractivity contribution in [2.45, 2.75) is 5.25 Å². The number of hydrogen-bond acceptors (Lipinski definition) is 3. The van der Waals surface area contributed by atoms with E-state index in [1.54, 1.807) is 24.3 Å². The molecule has 1 unspecified atom stereocenters. The van der Waals surface area contributed by atoms with Crippen molar-refractivity contribution >= 4 is 27.8 Å². The summed E-state index contributed by atoms with van der Waals surface area (Å²) in [5.41, 5.74) is 0. The van der Waals surface area contributed by atoms with Crippen LogP contribution in [0.1, 0.15) is 0 Å². The third-order valence-electron chi connectivity index (χ3n) is 1.15. The molecule has 0 saturated heterocycles. The zero-order valence-corrected chi connectivity index (χ0v) is 6.77. The largest absolute Gasteiger partial charge is 0.218 e. The Kier molecular flexibility index (Phi) is 2.34. The second kappa shape index (κ2) is 3.07. The lowest BCUT2D eigenvalue weighted by Crippen LogP contribution is -2.11. The lowest BCUT2D eigenvalue weighted by Gasteiger charge is -2.03. The summed E-state index contributed by atoms with van der Waals surface area (Å²) in [6, 6.07) is 0. The number of allylic oxidation sites excluding steroid dienone is 3. The van der Waals surface area contributed by atoms with E-state index in [0.29, 0.717) is 4.86 Å². The molecule has 0 saturated carbocycles. The first-order valence-corrected chi connectivity index (χ1v) is 4.30. The van der Waals surface area contributed by atoms with Crippen LogP contribution < -0.4 is 0 Å². The fourth-order valence-corrected chi connectivity index (χ4v) is 1.58. The second-order valence-electron chi connectivity index (χ2n) is 1.83. The van der Waals surface area contributed by atoms with E-state index in [2.05, 4.69) is 12.6 Å². The summed E-state index contributed by atoms with van der Waals surface area (Å²) in [7, 11) is -2.13. The Morgan fingerprint density at radius 2 is 2.10 bits per heavy atom. The summed E-state index contributed by atoms with van der Waals surface area (Å²) in [5.74, 6) is 0. The maximum absolute atomic E-state index is 10.4. The van der Waals surface area contributed by atoms with Crippen LogP contribution in [0.25, 0.3) is 0 Å². The van der Waals surface area contributed by atoms with Gasteiger partial charge in [-0.15, -0.1) is 0 Å². The highest BCUT2D eigenvalue weighted by atomic mass is 32.2. The van der Waals surface area contributed by atoms with Crippen LogP contribution in [0.2, 0.25) is 0 Å². The normalized spacial score (nSPS) is 23.3. The van der Waals surface area contributed by atoms with Gasteiger partial charge in [-0.25, -0.2) is 0 Å². The highest BCUT2D eigenvalue weighted by molar-refractivity contribution is 7.84. The van der Waals surface area contributed by atoms with Gasteiger partial charge >= 0.3 is 0 Å². The fraction of sp³-hybridized carbons (Fsp3) is 0.167. The minimum Gasteiger partial charge on any atom is -0.184 e. The monoisotopic (exact) mass is 174 g/mol. The highest BCUT2D eigenvalue weighted by Crippen LogP contribution is 2.05. The number of rotatable bonds is 0. The van der Waals surface area contributed by atoms with E-state index in [-0.39, 0.29) is 5.25 Å². The van der Waals surface area contributed by atoms with Crippen molar-refractivity contribution in [2.24, 2.45) is 0 Å². The maximum atomic E-state index is 10.4. The first-order valence-electron chi connectivity index (χ1n) is 2.71. The Morgan fingerprint density at radius 1 is 1.40 bits per heavy atom. The predicted octanol–water partition coefficient (Wildman–Crippen LogP) is 0.462. The summed E-state index contributed by atoms with van der Waals surface area (Å²) in [6.45, 7) is 0. The molecule has 0 bridgehead atoms. The molecule has 1 aliphatic carbocycles. The van der Waals surface area contributed by atoms with E-state index in [0.717, 1.165) is 0 Å². The SMILES string of the molecule is O=S(=O)=C1C=CC=CC1S. The van der Waals surface area contributed by atoms with Gasteiger partial charge in [-0.2, -0.15) is 21.0 Å². The quantitative estimate of drug-likeness (QED) is 0.427. The summed E-state index contributed by atoms with van der Waals surface area (Å²) in [6.07, 6.45) is 6.71. The van der Waals surface area contributed by atoms with Gasteiger partial charge in [0.25, 0.3) is 0 Å². The van der Waals surface area contributed by atoms with E-state index in [1.807, 2.05) is 0 Å². The first-order chi connectivity index (χ1) is 4.72. The van der Waals surface area contributed by atoms with Crippen LogP contribution in [0.4, 0.5) is 0 Å². The molecule has 4 heteroatoms. The van der Waals surface area contributed by atoms with Crippen molar-refractivity contribution in [3.8, 4) is 0 Å². The molecule has 1 atom stereocenters. The van der Waals surface area contributed by atoms with Crippen LogP contribution in [0.15, 0.2) is 24.3 Å². The van der Waals surface area contributed by atoms with Crippen molar-refractivity contribution < 1.29 is 8.42 Å². The smallest absolute Gasteiger partial charge is 0.184 e. The molecule has 10 heavy (non-hydrogen) atoms. The highest BCUT2D eigenvalue weighted by Gasteiger charge is 2.07. The van der Waals surface area contributed by atoms with Gasteiger partial charge in [-0.3, -0.25) is 0 Å². The van der Waals surface area contributed by atoms with E-state index < -0.39 is 10.3 Å². The van der Waals surface area contributed by atoms with Crippen LogP contribution in [0, 0.1) is 0 Å². The number of hydrogen-bond donors (Lipinski definition) is 1. The molecule has 0 amide bonds. The van der Waals surface area contributed by atoms with E-state index in [4.69, 9.17) is 0 Å². The van der Waals surface area contributed by atoms with Crippen molar-refractivity contribution in [2.75, 3.05) is 0 Å². The van der Waals surface area contributed by atoms with E-state index >= 15 is 0 Å². The average Bonchev–Trinajstić information content (AvgIpc) is 1.88. The molecule has 0 fully saturated rings. The summed E-state index contributed by atoms with van der Waals surface area (Å²) >= 11 is 4.03. The Balaban J connectivity index is 3.15. The van der Waals surface area contributed by atoms with Gasteiger partial charge in [0.15, 0.2) is 0 Å². The van der Waals surface area contributed by atoms with Crippen LogP contribution >= 0.6 is 12.6 Å². The average molecular weight is 174 g/mol. The van der Waals surface area contributed by atoms with Gasteiger partial charge < -0.3 is 0 Å². The lowest BCUT2D eigenvalue weighted by molar-refractivity contribution is 0.627. The molecular weight excluding hydrogens is 168 g/mol. The molecule has 0 aromatic heterocycles. The van der Waals surface area contributed by atoms with Crippen molar-refractivity contribution in [3.05, 3.63) is 24.3 Å². The van der Waals surface area contributed by atoms with Gasteiger partial charge in [-0.1, -0.05) is 18.2 Å². The molecule has 0 heterocycles. The Bertz CT molecular complexity index is 301. The van der Waals surface area contributed by atoms with Crippen molar-refractivity contribution in [1.29, 1.82) is 0 Å². The molecule has 54 valence electrons. The zero-order chi connectivity index (χ0) is 7.56. The molecule has 0 spiro atoms. The minimum absolute atomic E-state index is 0.275. The van der Waals surface area contributed by atoms with Crippen LogP contribution in [-0.4, -0.2) is 18.5 Å². The minimum atomic E-state index is -2.13. The maximum Gasteiger partial charge on any atom is 0.218 e. The third kappa shape index (κ3) is 1.52. The van der Waals surface area contributed by atoms with Gasteiger partial charge in [0.05, 0.1) is 10.1 Å². The fourth-order valence-electron chi connectivity index (χ4n) is 0.667. The number of thiol groups is 1. The lowest BCUT2D eigenvalue weighted by atomic mass is 10.2. The Hall–Kier alpha value is -0.480. The topological polar surface area (TPSA) is 34.1 Å². The molecule has 0 N–H and O–H groups in total. The van der Waals surface area contributed by atoms with Crippen LogP contribution in [0.5, 0.6) is 0 Å². The first kappa shape index (κ1) is 7.63. The summed E-state index contributed by atoms with van der Waals surface area (Å²) < 4.78 is 20.8. The molecule has 0 aliphatic heterocycles. The third-order valence-corrected chi connectivity index (χ3v) is 2.55. The van der Waals surface area contributed by atoms with Crippen molar-refractivity contribution in [3.63, 3.8) is 0 Å². The van der Waals surface area contributed by atoms with E-state index in [1.165, 1.54) is 0 Å². The zero-order valence-electron chi connectivity index (χ0n) is 5.06.